The molecule has 0 amide bonds. The summed E-state index contributed by atoms with van der Waals surface area (Å²) in [6, 6.07) is 10.7. The molecular weight excluding hydrogens is 521 g/mol. The minimum absolute atomic E-state index is 0.144. The molecule has 1 saturated carbocycles. The van der Waals surface area contributed by atoms with Crippen LogP contribution in [0.25, 0.3) is 44.0 Å². The Labute approximate surface area is 223 Å². The number of hydrogen-bond donors (Lipinski definition) is 1. The molecule has 0 unspecified atom stereocenters. The van der Waals surface area contributed by atoms with Crippen molar-refractivity contribution in [3.8, 4) is 35.0 Å². The second-order valence-corrected chi connectivity index (χ2v) is 10.9. The highest BCUT2D eigenvalue weighted by atomic mass is 32.3. The van der Waals surface area contributed by atoms with Gasteiger partial charge in [-0.15, -0.1) is 6.42 Å². The molecule has 0 bridgehead atoms. The highest BCUT2D eigenvalue weighted by Gasteiger charge is 2.27. The van der Waals surface area contributed by atoms with Crippen LogP contribution in [0.1, 0.15) is 44.7 Å². The highest BCUT2D eigenvalue weighted by molar-refractivity contribution is 7.81. The van der Waals surface area contributed by atoms with E-state index in [1.165, 1.54) is 12.3 Å². The van der Waals surface area contributed by atoms with Gasteiger partial charge in [-0.2, -0.15) is 8.42 Å². The van der Waals surface area contributed by atoms with Crippen molar-refractivity contribution in [2.75, 3.05) is 0 Å². The third kappa shape index (κ3) is 4.38. The molecule has 5 aromatic rings. The summed E-state index contributed by atoms with van der Waals surface area (Å²) in [5.41, 5.74) is 3.75. The number of nitrogens with zero attached hydrogens (tertiary/aromatic N) is 2. The summed E-state index contributed by atoms with van der Waals surface area (Å²) in [7, 11) is -5.23. The SMILES string of the molecule is C#Cc1ccc2c(c1)[nH]c1c2c(=O)c2cc(OC(C)C)c(-c3cncc(OS(=O)(=O)F)c3)cc2n1C1CCC1. The van der Waals surface area contributed by atoms with E-state index >= 15 is 0 Å². The van der Waals surface area contributed by atoms with Gasteiger partial charge < -0.3 is 18.5 Å². The maximum Gasteiger partial charge on any atom is 0.488 e. The molecular formula is C29H24FN3O5S. The van der Waals surface area contributed by atoms with Gasteiger partial charge in [0.2, 0.25) is 0 Å². The second-order valence-electron chi connectivity index (χ2n) is 9.96. The van der Waals surface area contributed by atoms with Gasteiger partial charge in [0.25, 0.3) is 0 Å². The molecule has 39 heavy (non-hydrogen) atoms. The van der Waals surface area contributed by atoms with Crippen LogP contribution in [0.15, 0.2) is 53.6 Å². The number of terminal acetylenes is 1. The van der Waals surface area contributed by atoms with Crippen LogP contribution in [0.5, 0.6) is 11.5 Å². The van der Waals surface area contributed by atoms with Crippen molar-refractivity contribution in [1.82, 2.24) is 14.5 Å². The van der Waals surface area contributed by atoms with E-state index in [1.807, 2.05) is 38.1 Å². The molecule has 0 aliphatic heterocycles. The largest absolute Gasteiger partial charge is 0.490 e. The van der Waals surface area contributed by atoms with Gasteiger partial charge in [0.1, 0.15) is 11.4 Å². The fraction of sp³-hybridized carbons (Fsp3) is 0.241. The maximum absolute atomic E-state index is 14.0. The van der Waals surface area contributed by atoms with Crippen molar-refractivity contribution >= 4 is 43.3 Å². The standard InChI is InChI=1S/C29H24FN3O5S/c1-4-17-8-9-21-24(10-17)32-29-27(21)28(34)23-13-26(37-16(2)3)22(12-25(23)33(29)19-6-5-7-19)18-11-20(15-31-14-18)38-39(30,35)36/h1,8-16,19,32H,5-7H2,2-3H3. The van der Waals surface area contributed by atoms with Crippen LogP contribution in [0.4, 0.5) is 3.89 Å². The van der Waals surface area contributed by atoms with E-state index in [-0.39, 0.29) is 23.3 Å². The first-order valence-corrected chi connectivity index (χ1v) is 13.8. The van der Waals surface area contributed by atoms with E-state index in [0.29, 0.717) is 44.4 Å². The highest BCUT2D eigenvalue weighted by Crippen LogP contribution is 2.41. The number of aromatic amines is 1. The summed E-state index contributed by atoms with van der Waals surface area (Å²) in [5.74, 6) is 2.77. The van der Waals surface area contributed by atoms with Crippen LogP contribution in [-0.2, 0) is 10.5 Å². The van der Waals surface area contributed by atoms with E-state index in [0.717, 1.165) is 36.4 Å². The molecule has 0 atom stereocenters. The second kappa shape index (κ2) is 9.13. The van der Waals surface area contributed by atoms with Crippen LogP contribution in [0, 0.1) is 12.3 Å². The van der Waals surface area contributed by atoms with Crippen LogP contribution < -0.4 is 14.3 Å². The smallest absolute Gasteiger partial charge is 0.488 e. The molecule has 0 spiro atoms. The topological polar surface area (TPSA) is 103 Å². The summed E-state index contributed by atoms with van der Waals surface area (Å²) < 4.78 is 48.1. The van der Waals surface area contributed by atoms with Crippen LogP contribution >= 0.6 is 0 Å². The Morgan fingerprint density at radius 3 is 2.62 bits per heavy atom. The molecule has 1 fully saturated rings. The number of H-pyrrole nitrogens is 1. The van der Waals surface area contributed by atoms with E-state index in [4.69, 9.17) is 11.2 Å². The van der Waals surface area contributed by atoms with Crippen molar-refractivity contribution in [2.45, 2.75) is 45.3 Å². The number of benzene rings is 2. The van der Waals surface area contributed by atoms with E-state index in [9.17, 15) is 17.1 Å². The van der Waals surface area contributed by atoms with Gasteiger partial charge in [0.15, 0.2) is 11.2 Å². The minimum atomic E-state index is -5.23. The summed E-state index contributed by atoms with van der Waals surface area (Å²) in [5, 5.41) is 1.87. The summed E-state index contributed by atoms with van der Waals surface area (Å²) in [6.45, 7) is 3.72. The summed E-state index contributed by atoms with van der Waals surface area (Å²) in [4.78, 5) is 21.5. The first-order chi connectivity index (χ1) is 18.6. The number of rotatable bonds is 6. The third-order valence-corrected chi connectivity index (χ3v) is 7.43. The van der Waals surface area contributed by atoms with Crippen LogP contribution in [0.3, 0.4) is 0 Å². The molecule has 6 rings (SSSR count). The third-order valence-electron chi connectivity index (χ3n) is 7.04. The molecule has 2 aromatic carbocycles. The van der Waals surface area contributed by atoms with E-state index in [1.54, 1.807) is 6.07 Å². The molecule has 198 valence electrons. The monoisotopic (exact) mass is 545 g/mol. The van der Waals surface area contributed by atoms with Crippen molar-refractivity contribution in [1.29, 1.82) is 0 Å². The predicted octanol–water partition coefficient (Wildman–Crippen LogP) is 5.78. The Kier molecular flexibility index (Phi) is 5.84. The lowest BCUT2D eigenvalue weighted by Gasteiger charge is -2.31. The molecule has 1 N–H and O–H groups in total. The minimum Gasteiger partial charge on any atom is -0.490 e. The molecule has 8 nitrogen and oxygen atoms in total. The van der Waals surface area contributed by atoms with Gasteiger partial charge in [0, 0.05) is 39.8 Å². The first kappa shape index (κ1) is 24.9. The molecule has 1 aliphatic rings. The van der Waals surface area contributed by atoms with Crippen LogP contribution in [0.2, 0.25) is 0 Å². The van der Waals surface area contributed by atoms with E-state index in [2.05, 4.69) is 24.6 Å². The van der Waals surface area contributed by atoms with Crippen molar-refractivity contribution < 1.29 is 21.2 Å². The molecule has 1 aliphatic carbocycles. The zero-order valence-electron chi connectivity index (χ0n) is 21.2. The number of pyridine rings is 2. The van der Waals surface area contributed by atoms with Gasteiger partial charge in [-0.3, -0.25) is 9.78 Å². The molecule has 0 saturated heterocycles. The number of fused-ring (bicyclic) bond motifs is 4. The average Bonchev–Trinajstić information content (AvgIpc) is 3.22. The Balaban J connectivity index is 1.69. The summed E-state index contributed by atoms with van der Waals surface area (Å²) >= 11 is 0. The quantitative estimate of drug-likeness (QED) is 0.214. The van der Waals surface area contributed by atoms with Gasteiger partial charge in [-0.25, -0.2) is 0 Å². The predicted molar refractivity (Wildman–Crippen MR) is 148 cm³/mol. The van der Waals surface area contributed by atoms with E-state index < -0.39 is 10.5 Å². The number of aromatic nitrogens is 3. The average molecular weight is 546 g/mol. The normalized spacial score (nSPS) is 14.1. The van der Waals surface area contributed by atoms with Crippen molar-refractivity contribution in [2.24, 2.45) is 0 Å². The lowest BCUT2D eigenvalue weighted by atomic mass is 9.91. The maximum atomic E-state index is 14.0. The Morgan fingerprint density at radius 2 is 1.95 bits per heavy atom. The number of ether oxygens (including phenoxy) is 1. The first-order valence-electron chi connectivity index (χ1n) is 12.5. The zero-order valence-corrected chi connectivity index (χ0v) is 22.0. The summed E-state index contributed by atoms with van der Waals surface area (Å²) in [6.07, 6.45) is 11.0. The zero-order chi connectivity index (χ0) is 27.5. The van der Waals surface area contributed by atoms with Gasteiger partial charge in [-0.1, -0.05) is 15.9 Å². The van der Waals surface area contributed by atoms with Crippen molar-refractivity contribution in [3.05, 3.63) is 64.6 Å². The lowest BCUT2D eigenvalue weighted by molar-refractivity contribution is 0.244. The Bertz CT molecular complexity index is 2000. The lowest BCUT2D eigenvalue weighted by Crippen LogP contribution is -2.21. The van der Waals surface area contributed by atoms with Gasteiger partial charge >= 0.3 is 10.5 Å². The Hall–Kier alpha value is -4.36. The number of hydrogen-bond acceptors (Lipinski definition) is 6. The van der Waals surface area contributed by atoms with Gasteiger partial charge in [-0.05, 0) is 63.4 Å². The fourth-order valence-corrected chi connectivity index (χ4v) is 5.54. The van der Waals surface area contributed by atoms with Gasteiger partial charge in [0.05, 0.1) is 28.6 Å². The van der Waals surface area contributed by atoms with Crippen molar-refractivity contribution in [3.63, 3.8) is 0 Å². The molecule has 10 heteroatoms. The molecule has 0 radical (unpaired) electrons. The Morgan fingerprint density at radius 1 is 1.15 bits per heavy atom. The van der Waals surface area contributed by atoms with Crippen LogP contribution in [-0.4, -0.2) is 29.1 Å². The number of nitrogens with one attached hydrogen (secondary N) is 1. The molecule has 3 heterocycles. The number of halogens is 1. The molecule has 3 aromatic heterocycles. The fourth-order valence-electron chi connectivity index (χ4n) is 5.22.